The zero-order valence-corrected chi connectivity index (χ0v) is 23.9. The highest BCUT2D eigenvalue weighted by Gasteiger charge is 2.51. The van der Waals surface area contributed by atoms with Gasteiger partial charge in [-0.3, -0.25) is 14.5 Å². The molecule has 1 aliphatic carbocycles. The number of piperidine rings is 1. The highest BCUT2D eigenvalue weighted by atomic mass is 19.4. The molecular weight excluding hydrogens is 542 g/mol. The lowest BCUT2D eigenvalue weighted by atomic mass is 9.86. The van der Waals surface area contributed by atoms with Gasteiger partial charge < -0.3 is 19.3 Å². The molecule has 4 aliphatic rings. The molecule has 228 valence electrons. The van der Waals surface area contributed by atoms with Crippen LogP contribution in [-0.2, 0) is 25.2 Å². The number of likely N-dealkylation sites (tertiary alicyclic amines) is 2. The molecule has 41 heavy (non-hydrogen) atoms. The standard InChI is InChI=1S/C30H41F4N3O4/c1-40-18-21-16-37(28(39)29(31)11-14-36(19-29)23-5-3-4-6-23)17-25(21)24-8-7-22(30(32,33)34)15-26(24)35-12-9-20(10-13-35)27(38)41-2/h7-8,15,20-21,23,25H,3-6,9-14,16-19H2,1-2H3/t21-,25+,29-/m1/s1. The summed E-state index contributed by atoms with van der Waals surface area (Å²) in [6, 6.07) is 4.11. The van der Waals surface area contributed by atoms with Gasteiger partial charge in [0.05, 0.1) is 25.2 Å². The summed E-state index contributed by atoms with van der Waals surface area (Å²) in [5, 5.41) is 0. The van der Waals surface area contributed by atoms with E-state index in [1.54, 1.807) is 12.0 Å². The number of anilines is 1. The minimum Gasteiger partial charge on any atom is -0.469 e. The Kier molecular flexibility index (Phi) is 8.85. The number of carbonyl (C=O) groups excluding carboxylic acids is 2. The molecule has 1 aromatic rings. The maximum atomic E-state index is 16.2. The van der Waals surface area contributed by atoms with Gasteiger partial charge in [-0.1, -0.05) is 18.9 Å². The van der Waals surface area contributed by atoms with Gasteiger partial charge in [0.15, 0.2) is 0 Å². The number of halogens is 4. The number of benzene rings is 1. The van der Waals surface area contributed by atoms with Crippen molar-refractivity contribution in [1.29, 1.82) is 0 Å². The number of nitrogens with zero attached hydrogens (tertiary/aromatic N) is 3. The summed E-state index contributed by atoms with van der Waals surface area (Å²) < 4.78 is 67.8. The molecule has 3 atom stereocenters. The number of hydrogen-bond acceptors (Lipinski definition) is 6. The van der Waals surface area contributed by atoms with Crippen LogP contribution >= 0.6 is 0 Å². The summed E-state index contributed by atoms with van der Waals surface area (Å²) in [6.45, 7) is 2.29. The fourth-order valence-corrected chi connectivity index (χ4v) is 7.44. The van der Waals surface area contributed by atoms with Crippen molar-refractivity contribution in [2.75, 3.05) is 65.0 Å². The Bertz CT molecular complexity index is 1100. The second-order valence-electron chi connectivity index (χ2n) is 12.2. The smallest absolute Gasteiger partial charge is 0.416 e. The third-order valence-electron chi connectivity index (χ3n) is 9.71. The maximum Gasteiger partial charge on any atom is 0.416 e. The highest BCUT2D eigenvalue weighted by Crippen LogP contribution is 2.43. The second-order valence-corrected chi connectivity index (χ2v) is 12.2. The van der Waals surface area contributed by atoms with Crippen LogP contribution in [0, 0.1) is 11.8 Å². The number of carbonyl (C=O) groups is 2. The Labute approximate surface area is 239 Å². The lowest BCUT2D eigenvalue weighted by Gasteiger charge is -2.35. The highest BCUT2D eigenvalue weighted by molar-refractivity contribution is 5.86. The predicted molar refractivity (Wildman–Crippen MR) is 145 cm³/mol. The third-order valence-corrected chi connectivity index (χ3v) is 9.71. The number of alkyl halides is 4. The van der Waals surface area contributed by atoms with Gasteiger partial charge in [-0.25, -0.2) is 4.39 Å². The molecule has 0 unspecified atom stereocenters. The van der Waals surface area contributed by atoms with Gasteiger partial charge in [0.25, 0.3) is 5.91 Å². The van der Waals surface area contributed by atoms with E-state index in [1.807, 2.05) is 4.90 Å². The number of amides is 1. The zero-order valence-electron chi connectivity index (χ0n) is 23.9. The van der Waals surface area contributed by atoms with E-state index in [1.165, 1.54) is 19.2 Å². The topological polar surface area (TPSA) is 62.3 Å². The SMILES string of the molecule is COC[C@H]1CN(C(=O)[C@@]2(F)CCN(C3CCCC3)C2)C[C@@H]1c1ccc(C(F)(F)F)cc1N1CCC(C(=O)OC)CC1. The van der Waals surface area contributed by atoms with Gasteiger partial charge in [0.1, 0.15) is 0 Å². The van der Waals surface area contributed by atoms with E-state index >= 15 is 4.39 Å². The Hall–Kier alpha value is -2.40. The first-order valence-electron chi connectivity index (χ1n) is 14.8. The quantitative estimate of drug-likeness (QED) is 0.345. The maximum absolute atomic E-state index is 16.2. The van der Waals surface area contributed by atoms with Gasteiger partial charge in [0, 0.05) is 76.4 Å². The molecule has 0 aromatic heterocycles. The molecule has 0 N–H and O–H groups in total. The van der Waals surface area contributed by atoms with Crippen LogP contribution in [0.3, 0.4) is 0 Å². The molecule has 7 nitrogen and oxygen atoms in total. The van der Waals surface area contributed by atoms with Gasteiger partial charge in [0.2, 0.25) is 5.67 Å². The molecule has 0 spiro atoms. The number of esters is 1. The average Bonchev–Trinajstić information content (AvgIpc) is 3.72. The lowest BCUT2D eigenvalue weighted by Crippen LogP contribution is -2.48. The van der Waals surface area contributed by atoms with Gasteiger partial charge in [-0.2, -0.15) is 13.2 Å². The van der Waals surface area contributed by atoms with Crippen molar-refractivity contribution in [3.8, 4) is 0 Å². The van der Waals surface area contributed by atoms with Crippen LogP contribution in [-0.4, -0.2) is 93.5 Å². The van der Waals surface area contributed by atoms with Crippen molar-refractivity contribution in [3.63, 3.8) is 0 Å². The van der Waals surface area contributed by atoms with Crippen LogP contribution < -0.4 is 4.90 Å². The number of hydrogen-bond donors (Lipinski definition) is 0. The van der Waals surface area contributed by atoms with Crippen LogP contribution in [0.15, 0.2) is 18.2 Å². The molecular formula is C30H41F4N3O4. The first kappa shape index (κ1) is 30.1. The molecule has 3 aliphatic heterocycles. The normalized spacial score (nSPS) is 28.5. The molecule has 4 fully saturated rings. The van der Waals surface area contributed by atoms with E-state index in [4.69, 9.17) is 9.47 Å². The Morgan fingerprint density at radius 1 is 1.02 bits per heavy atom. The molecule has 3 saturated heterocycles. The first-order chi connectivity index (χ1) is 19.5. The summed E-state index contributed by atoms with van der Waals surface area (Å²) in [5.74, 6) is -1.62. The van der Waals surface area contributed by atoms with Gasteiger partial charge >= 0.3 is 12.1 Å². The van der Waals surface area contributed by atoms with E-state index in [-0.39, 0.29) is 49.8 Å². The largest absolute Gasteiger partial charge is 0.469 e. The molecule has 0 radical (unpaired) electrons. The van der Waals surface area contributed by atoms with Gasteiger partial charge in [-0.15, -0.1) is 0 Å². The van der Waals surface area contributed by atoms with Crippen LogP contribution in [0.4, 0.5) is 23.2 Å². The van der Waals surface area contributed by atoms with E-state index in [9.17, 15) is 22.8 Å². The molecule has 3 heterocycles. The Morgan fingerprint density at radius 2 is 1.73 bits per heavy atom. The van der Waals surface area contributed by atoms with Crippen LogP contribution in [0.1, 0.15) is 62.0 Å². The van der Waals surface area contributed by atoms with Gasteiger partial charge in [-0.05, 0) is 43.4 Å². The molecule has 11 heteroatoms. The van der Waals surface area contributed by atoms with Crippen molar-refractivity contribution in [2.24, 2.45) is 11.8 Å². The van der Waals surface area contributed by atoms with Crippen molar-refractivity contribution >= 4 is 17.6 Å². The summed E-state index contributed by atoms with van der Waals surface area (Å²) in [4.78, 5) is 31.3. The minimum absolute atomic E-state index is 0.104. The lowest BCUT2D eigenvalue weighted by molar-refractivity contribution is -0.146. The average molecular weight is 584 g/mol. The summed E-state index contributed by atoms with van der Waals surface area (Å²) >= 11 is 0. The number of rotatable bonds is 7. The molecule has 0 bridgehead atoms. The molecule has 1 amide bonds. The van der Waals surface area contributed by atoms with E-state index < -0.39 is 23.3 Å². The number of methoxy groups -OCH3 is 2. The first-order valence-corrected chi connectivity index (χ1v) is 14.8. The summed E-state index contributed by atoms with van der Waals surface area (Å²) in [5.41, 5.74) is -1.56. The van der Waals surface area contributed by atoms with Crippen molar-refractivity contribution in [2.45, 2.75) is 68.8 Å². The van der Waals surface area contributed by atoms with E-state index in [2.05, 4.69) is 4.90 Å². The predicted octanol–water partition coefficient (Wildman–Crippen LogP) is 4.64. The van der Waals surface area contributed by atoms with E-state index in [0.717, 1.165) is 31.7 Å². The number of ether oxygens (including phenoxy) is 2. The fraction of sp³-hybridized carbons (Fsp3) is 0.733. The van der Waals surface area contributed by atoms with Crippen molar-refractivity contribution < 1.29 is 36.6 Å². The summed E-state index contributed by atoms with van der Waals surface area (Å²) in [7, 11) is 2.89. The summed E-state index contributed by atoms with van der Waals surface area (Å²) in [6.07, 6.45) is 0.948. The fourth-order valence-electron chi connectivity index (χ4n) is 7.44. The molecule has 5 rings (SSSR count). The Morgan fingerprint density at radius 3 is 2.37 bits per heavy atom. The zero-order chi connectivity index (χ0) is 29.4. The molecule has 1 saturated carbocycles. The van der Waals surface area contributed by atoms with Crippen molar-refractivity contribution in [1.82, 2.24) is 9.80 Å². The minimum atomic E-state index is -4.52. The molecule has 1 aromatic carbocycles. The second kappa shape index (κ2) is 12.1. The van der Waals surface area contributed by atoms with E-state index in [0.29, 0.717) is 56.4 Å². The van der Waals surface area contributed by atoms with Crippen LogP contribution in [0.5, 0.6) is 0 Å². The monoisotopic (exact) mass is 583 g/mol. The van der Waals surface area contributed by atoms with Crippen LogP contribution in [0.2, 0.25) is 0 Å². The Balaban J connectivity index is 1.39. The van der Waals surface area contributed by atoms with Crippen molar-refractivity contribution in [3.05, 3.63) is 29.3 Å². The third kappa shape index (κ3) is 6.21. The van der Waals surface area contributed by atoms with Crippen LogP contribution in [0.25, 0.3) is 0 Å².